The van der Waals surface area contributed by atoms with Crippen LogP contribution >= 0.6 is 0 Å². The monoisotopic (exact) mass is 386 g/mol. The van der Waals surface area contributed by atoms with E-state index >= 15 is 0 Å². The van der Waals surface area contributed by atoms with Crippen molar-refractivity contribution < 1.29 is 22.7 Å². The third-order valence-electron chi connectivity index (χ3n) is 4.82. The number of hydrogen-bond acceptors (Lipinski definition) is 3. The second-order valence-electron chi connectivity index (χ2n) is 6.91. The summed E-state index contributed by atoms with van der Waals surface area (Å²) in [6.45, 7) is 0.0143. The van der Waals surface area contributed by atoms with Crippen LogP contribution in [0.15, 0.2) is 66.9 Å². The Bertz CT molecular complexity index is 1010. The first-order chi connectivity index (χ1) is 13.3. The third-order valence-corrected chi connectivity index (χ3v) is 4.82. The van der Waals surface area contributed by atoms with Gasteiger partial charge in [0.25, 0.3) is 0 Å². The van der Waals surface area contributed by atoms with Crippen LogP contribution in [0.4, 0.5) is 18.0 Å². The molecule has 0 saturated carbocycles. The van der Waals surface area contributed by atoms with E-state index in [1.807, 2.05) is 30.3 Å². The molecule has 28 heavy (non-hydrogen) atoms. The maximum absolute atomic E-state index is 13.4. The fourth-order valence-electron chi connectivity index (χ4n) is 3.59. The van der Waals surface area contributed by atoms with Gasteiger partial charge in [-0.15, -0.1) is 0 Å². The van der Waals surface area contributed by atoms with Gasteiger partial charge in [-0.1, -0.05) is 42.5 Å². The summed E-state index contributed by atoms with van der Waals surface area (Å²) < 4.78 is 45.6. The number of nitrogens with zero attached hydrogens (tertiary/aromatic N) is 2. The van der Waals surface area contributed by atoms with Crippen LogP contribution in [-0.2, 0) is 16.9 Å². The van der Waals surface area contributed by atoms with Crippen molar-refractivity contribution in [3.8, 4) is 0 Å². The van der Waals surface area contributed by atoms with Crippen LogP contribution < -0.4 is 0 Å². The van der Waals surface area contributed by atoms with Crippen LogP contribution in [0.1, 0.15) is 17.5 Å². The Kier molecular flexibility index (Phi) is 4.45. The largest absolute Gasteiger partial charge is 0.436 e. The topological polar surface area (TPSA) is 42.4 Å². The van der Waals surface area contributed by atoms with E-state index in [1.165, 1.54) is 4.90 Å². The average molecular weight is 386 g/mol. The molecule has 1 aliphatic rings. The number of rotatable bonds is 4. The standard InChI is InChI=1S/C21H17F3N2O2/c22-21(23,24)13-20(17-8-9-18-16(11-17)7-4-10-25-18)14-26(19(27)28-20)12-15-5-2-1-3-6-15/h1-11H,12-14H2. The zero-order valence-corrected chi connectivity index (χ0v) is 14.8. The number of carbonyl (C=O) groups is 1. The molecule has 1 amide bonds. The van der Waals surface area contributed by atoms with Crippen LogP contribution in [0.2, 0.25) is 0 Å². The molecule has 1 fully saturated rings. The second kappa shape index (κ2) is 6.82. The van der Waals surface area contributed by atoms with Gasteiger partial charge in [0, 0.05) is 18.1 Å². The summed E-state index contributed by atoms with van der Waals surface area (Å²) in [5.74, 6) is 0. The fourth-order valence-corrected chi connectivity index (χ4v) is 3.59. The lowest BCUT2D eigenvalue weighted by molar-refractivity contribution is -0.171. The molecule has 144 valence electrons. The van der Waals surface area contributed by atoms with Gasteiger partial charge in [0.1, 0.15) is 0 Å². The van der Waals surface area contributed by atoms with Gasteiger partial charge in [0.2, 0.25) is 0 Å². The van der Waals surface area contributed by atoms with Crippen LogP contribution in [0.3, 0.4) is 0 Å². The Balaban J connectivity index is 1.71. The summed E-state index contributed by atoms with van der Waals surface area (Å²) in [4.78, 5) is 17.9. The van der Waals surface area contributed by atoms with E-state index in [0.29, 0.717) is 16.5 Å². The number of ether oxygens (including phenoxy) is 1. The summed E-state index contributed by atoms with van der Waals surface area (Å²) >= 11 is 0. The van der Waals surface area contributed by atoms with Crippen molar-refractivity contribution in [2.75, 3.05) is 6.54 Å². The summed E-state index contributed by atoms with van der Waals surface area (Å²) in [7, 11) is 0. The highest BCUT2D eigenvalue weighted by Gasteiger charge is 2.53. The Labute approximate surface area is 159 Å². The lowest BCUT2D eigenvalue weighted by Crippen LogP contribution is -2.36. The van der Waals surface area contributed by atoms with Crippen LogP contribution in [0.5, 0.6) is 0 Å². The highest BCUT2D eigenvalue weighted by atomic mass is 19.4. The highest BCUT2D eigenvalue weighted by molar-refractivity contribution is 5.80. The molecule has 1 atom stereocenters. The number of benzene rings is 2. The summed E-state index contributed by atoms with van der Waals surface area (Å²) in [5.41, 5.74) is 0.0202. The van der Waals surface area contributed by atoms with E-state index in [4.69, 9.17) is 4.74 Å². The molecule has 2 aromatic carbocycles. The van der Waals surface area contributed by atoms with Gasteiger partial charge >= 0.3 is 12.3 Å². The van der Waals surface area contributed by atoms with Gasteiger partial charge in [0.05, 0.1) is 18.5 Å². The zero-order chi connectivity index (χ0) is 19.8. The minimum atomic E-state index is -4.49. The van der Waals surface area contributed by atoms with Gasteiger partial charge in [0.15, 0.2) is 5.60 Å². The van der Waals surface area contributed by atoms with Gasteiger partial charge in [-0.25, -0.2) is 4.79 Å². The van der Waals surface area contributed by atoms with Gasteiger partial charge in [-0.2, -0.15) is 13.2 Å². The van der Waals surface area contributed by atoms with Crippen molar-refractivity contribution in [1.29, 1.82) is 0 Å². The molecule has 4 nitrogen and oxygen atoms in total. The lowest BCUT2D eigenvalue weighted by atomic mass is 9.89. The molecule has 1 aliphatic heterocycles. The van der Waals surface area contributed by atoms with Crippen molar-refractivity contribution in [3.63, 3.8) is 0 Å². The minimum Gasteiger partial charge on any atom is -0.436 e. The Morgan fingerprint density at radius 3 is 2.61 bits per heavy atom. The number of pyridine rings is 1. The number of aromatic nitrogens is 1. The van der Waals surface area contributed by atoms with Gasteiger partial charge < -0.3 is 4.74 Å². The number of alkyl halides is 3. The van der Waals surface area contributed by atoms with Gasteiger partial charge in [-0.3, -0.25) is 9.88 Å². The SMILES string of the molecule is O=C1OC(CC(F)(F)F)(c2ccc3ncccc3c2)CN1Cc1ccccc1. The molecule has 2 heterocycles. The quantitative estimate of drug-likeness (QED) is 0.631. The Hall–Kier alpha value is -3.09. The summed E-state index contributed by atoms with van der Waals surface area (Å²) in [6.07, 6.45) is -4.88. The molecular formula is C21H17F3N2O2. The van der Waals surface area contributed by atoms with E-state index in [1.54, 1.807) is 36.5 Å². The van der Waals surface area contributed by atoms with Crippen molar-refractivity contribution >= 4 is 17.0 Å². The first kappa shape index (κ1) is 18.3. The summed E-state index contributed by atoms with van der Waals surface area (Å²) in [6, 6.07) is 17.4. The first-order valence-electron chi connectivity index (χ1n) is 8.79. The molecule has 0 radical (unpaired) electrons. The molecule has 4 rings (SSSR count). The molecule has 3 aromatic rings. The summed E-state index contributed by atoms with van der Waals surface area (Å²) in [5, 5.41) is 0.694. The number of halogens is 3. The fraction of sp³-hybridized carbons (Fsp3) is 0.238. The molecular weight excluding hydrogens is 369 g/mol. The van der Waals surface area contributed by atoms with Crippen LogP contribution in [0.25, 0.3) is 10.9 Å². The number of hydrogen-bond donors (Lipinski definition) is 0. The van der Waals surface area contributed by atoms with Gasteiger partial charge in [-0.05, 0) is 29.3 Å². The maximum atomic E-state index is 13.4. The van der Waals surface area contributed by atoms with Crippen molar-refractivity contribution in [2.24, 2.45) is 0 Å². The van der Waals surface area contributed by atoms with E-state index < -0.39 is 24.3 Å². The van der Waals surface area contributed by atoms with E-state index in [9.17, 15) is 18.0 Å². The molecule has 7 heteroatoms. The highest BCUT2D eigenvalue weighted by Crippen LogP contribution is 2.43. The Morgan fingerprint density at radius 1 is 1.07 bits per heavy atom. The molecule has 1 aromatic heterocycles. The maximum Gasteiger partial charge on any atom is 0.411 e. The lowest BCUT2D eigenvalue weighted by Gasteiger charge is -2.28. The zero-order valence-electron chi connectivity index (χ0n) is 14.8. The number of carbonyl (C=O) groups excluding carboxylic acids is 1. The molecule has 1 unspecified atom stereocenters. The predicted molar refractivity (Wildman–Crippen MR) is 97.4 cm³/mol. The molecule has 1 saturated heterocycles. The second-order valence-corrected chi connectivity index (χ2v) is 6.91. The molecule has 0 bridgehead atoms. The van der Waals surface area contributed by atoms with Crippen molar-refractivity contribution in [3.05, 3.63) is 78.0 Å². The number of cyclic esters (lactones) is 1. The molecule has 0 spiro atoms. The van der Waals surface area contributed by atoms with Crippen LogP contribution in [-0.4, -0.2) is 28.7 Å². The van der Waals surface area contributed by atoms with E-state index in [-0.39, 0.29) is 13.1 Å². The average Bonchev–Trinajstić information content (AvgIpc) is 2.96. The number of fused-ring (bicyclic) bond motifs is 1. The van der Waals surface area contributed by atoms with E-state index in [0.717, 1.165) is 5.56 Å². The van der Waals surface area contributed by atoms with Crippen molar-refractivity contribution in [2.45, 2.75) is 24.7 Å². The predicted octanol–water partition coefficient (Wildman–Crippen LogP) is 5.03. The molecule has 0 aliphatic carbocycles. The first-order valence-corrected chi connectivity index (χ1v) is 8.79. The molecule has 0 N–H and O–H groups in total. The smallest absolute Gasteiger partial charge is 0.411 e. The Morgan fingerprint density at radius 2 is 1.86 bits per heavy atom. The van der Waals surface area contributed by atoms with E-state index in [2.05, 4.69) is 4.98 Å². The van der Waals surface area contributed by atoms with Crippen LogP contribution in [0, 0.1) is 0 Å². The minimum absolute atomic E-state index is 0.175. The third kappa shape index (κ3) is 3.65. The normalized spacial score (nSPS) is 19.8. The van der Waals surface area contributed by atoms with Crippen molar-refractivity contribution in [1.82, 2.24) is 9.88 Å². The number of amides is 1.